The van der Waals surface area contributed by atoms with Gasteiger partial charge in [-0.15, -0.1) is 0 Å². The molecule has 1 aromatic rings. The summed E-state index contributed by atoms with van der Waals surface area (Å²) in [4.78, 5) is 8.57. The van der Waals surface area contributed by atoms with Gasteiger partial charge in [-0.25, -0.2) is 12.1 Å². The van der Waals surface area contributed by atoms with E-state index in [0.717, 1.165) is 0 Å². The predicted molar refractivity (Wildman–Crippen MR) is 185 cm³/mol. The van der Waals surface area contributed by atoms with Crippen LogP contribution in [0.1, 0.15) is 137 Å². The van der Waals surface area contributed by atoms with Crippen LogP contribution in [0.15, 0.2) is 35.3 Å². The van der Waals surface area contributed by atoms with Gasteiger partial charge < -0.3 is 25.8 Å². The molecule has 0 unspecified atom stereocenters. The van der Waals surface area contributed by atoms with Crippen molar-refractivity contribution >= 4 is 5.96 Å². The summed E-state index contributed by atoms with van der Waals surface area (Å²) in [5.74, 6) is 0.377. The summed E-state index contributed by atoms with van der Waals surface area (Å²) in [6.45, 7) is 16.6. The predicted octanol–water partition coefficient (Wildman–Crippen LogP) is 9.89. The van der Waals surface area contributed by atoms with E-state index < -0.39 is 0 Å². The van der Waals surface area contributed by atoms with Gasteiger partial charge in [-0.2, -0.15) is 18.2 Å². The van der Waals surface area contributed by atoms with Crippen LogP contribution < -0.4 is 5.73 Å². The van der Waals surface area contributed by atoms with Gasteiger partial charge in [-0.1, -0.05) is 125 Å². The van der Waals surface area contributed by atoms with Gasteiger partial charge in [0.1, 0.15) is 0 Å². The van der Waals surface area contributed by atoms with Crippen LogP contribution in [0.25, 0.3) is 5.32 Å². The van der Waals surface area contributed by atoms with E-state index in [9.17, 15) is 0 Å². The monoisotopic (exact) mass is 665 g/mol. The Morgan fingerprint density at radius 1 is 0.634 bits per heavy atom. The molecule has 0 spiro atoms. The molecule has 244 valence electrons. The maximum absolute atomic E-state index is 5.17. The summed E-state index contributed by atoms with van der Waals surface area (Å²) in [5, 5.41) is 3.61. The van der Waals surface area contributed by atoms with Gasteiger partial charge in [-0.05, 0) is 66.7 Å². The minimum absolute atomic E-state index is 0. The Balaban J connectivity index is -0.000000236. The molecule has 0 atom stereocenters. The average molecular weight is 665 g/mol. The molecule has 41 heavy (non-hydrogen) atoms. The minimum Gasteiger partial charge on any atom is -0.454 e. The summed E-state index contributed by atoms with van der Waals surface area (Å²) >= 11 is 0. The van der Waals surface area contributed by atoms with Crippen LogP contribution in [0.4, 0.5) is 0 Å². The molecule has 1 rings (SSSR count). The van der Waals surface area contributed by atoms with Gasteiger partial charge in [0, 0.05) is 5.96 Å². The van der Waals surface area contributed by atoms with E-state index in [1.54, 1.807) is 7.05 Å². The zero-order valence-corrected chi connectivity index (χ0v) is 30.7. The average Bonchev–Trinajstić information content (AvgIpc) is 3.57. The fraction of sp³-hybridized carbons (Fsp3) is 0.829. The first-order valence-corrected chi connectivity index (χ1v) is 16.9. The number of rotatable bonds is 21. The quantitative estimate of drug-likeness (QED) is 0.0468. The van der Waals surface area contributed by atoms with Crippen molar-refractivity contribution in [2.75, 3.05) is 53.9 Å². The molecule has 0 radical (unpaired) electrons. The van der Waals surface area contributed by atoms with E-state index in [1.807, 2.05) is 37.3 Å². The zero-order valence-electron chi connectivity index (χ0n) is 29.0. The fourth-order valence-electron chi connectivity index (χ4n) is 3.90. The van der Waals surface area contributed by atoms with Crippen LogP contribution in [0.5, 0.6) is 0 Å². The van der Waals surface area contributed by atoms with Gasteiger partial charge in [0.25, 0.3) is 0 Å². The molecule has 0 aliphatic carbocycles. The first-order chi connectivity index (χ1) is 19.4. The third-order valence-electron chi connectivity index (χ3n) is 6.97. The normalized spacial score (nSPS) is 10.5. The van der Waals surface area contributed by atoms with E-state index >= 15 is 0 Å². The molecule has 0 saturated heterocycles. The molecule has 0 fully saturated rings. The SMILES string of the molecule is CCCCCCCCCCN(C)CC.CCCCCCCCCCN(C)CC.CCN=C(N)[N-]C.[Ru+4].c1cc[cH-]c1. The number of unbranched alkanes of at least 4 members (excludes halogenated alkanes) is 14. The van der Waals surface area contributed by atoms with Gasteiger partial charge in [0.05, 0.1) is 0 Å². The summed E-state index contributed by atoms with van der Waals surface area (Å²) in [6, 6.07) is 10.0. The van der Waals surface area contributed by atoms with Crippen molar-refractivity contribution in [3.63, 3.8) is 0 Å². The molecule has 5 nitrogen and oxygen atoms in total. The van der Waals surface area contributed by atoms with Crippen LogP contribution in [0.2, 0.25) is 0 Å². The van der Waals surface area contributed by atoms with Crippen LogP contribution in [0.3, 0.4) is 0 Å². The van der Waals surface area contributed by atoms with Crippen molar-refractivity contribution in [3.05, 3.63) is 35.6 Å². The van der Waals surface area contributed by atoms with E-state index in [2.05, 4.69) is 61.9 Å². The second-order valence-corrected chi connectivity index (χ2v) is 10.8. The summed E-state index contributed by atoms with van der Waals surface area (Å²) in [7, 11) is 6.04. The first-order valence-electron chi connectivity index (χ1n) is 16.9. The van der Waals surface area contributed by atoms with Crippen LogP contribution in [-0.2, 0) is 19.5 Å². The van der Waals surface area contributed by atoms with Crippen LogP contribution in [-0.4, -0.2) is 69.6 Å². The number of aliphatic imine (C=N–C) groups is 1. The topological polar surface area (TPSA) is 59.0 Å². The van der Waals surface area contributed by atoms with E-state index in [1.165, 1.54) is 129 Å². The van der Waals surface area contributed by atoms with Gasteiger partial charge in [-0.3, -0.25) is 0 Å². The van der Waals surface area contributed by atoms with Crippen molar-refractivity contribution in [2.45, 2.75) is 137 Å². The maximum Gasteiger partial charge on any atom is 4.00 e. The molecule has 0 amide bonds. The van der Waals surface area contributed by atoms with Crippen molar-refractivity contribution < 1.29 is 19.5 Å². The van der Waals surface area contributed by atoms with Crippen molar-refractivity contribution in [2.24, 2.45) is 10.7 Å². The van der Waals surface area contributed by atoms with E-state index in [4.69, 9.17) is 5.73 Å². The number of hydrogen-bond acceptors (Lipinski definition) is 3. The fourth-order valence-corrected chi connectivity index (χ4v) is 3.90. The third-order valence-corrected chi connectivity index (χ3v) is 6.97. The van der Waals surface area contributed by atoms with Crippen molar-refractivity contribution in [1.82, 2.24) is 9.80 Å². The van der Waals surface area contributed by atoms with Crippen LogP contribution >= 0.6 is 0 Å². The summed E-state index contributed by atoms with van der Waals surface area (Å²) in [6.07, 6.45) is 22.8. The molecule has 1 aromatic carbocycles. The second-order valence-electron chi connectivity index (χ2n) is 10.8. The minimum atomic E-state index is 0. The molecule has 2 N–H and O–H groups in total. The van der Waals surface area contributed by atoms with E-state index in [0.29, 0.717) is 12.5 Å². The van der Waals surface area contributed by atoms with Crippen molar-refractivity contribution in [3.8, 4) is 0 Å². The molecule has 0 saturated carbocycles. The molecule has 0 bridgehead atoms. The van der Waals surface area contributed by atoms with Gasteiger partial charge in [0.2, 0.25) is 0 Å². The van der Waals surface area contributed by atoms with Crippen molar-refractivity contribution in [1.29, 1.82) is 0 Å². The van der Waals surface area contributed by atoms with Crippen LogP contribution in [0, 0.1) is 0 Å². The smallest absolute Gasteiger partial charge is 0.454 e. The Kier molecular flexibility index (Phi) is 50.1. The number of nitrogens with zero attached hydrogens (tertiary/aromatic N) is 4. The Labute approximate surface area is 272 Å². The number of guanidine groups is 1. The molecule has 0 aliphatic rings. The molecular formula is C35H73N5Ru+2. The molecule has 0 aromatic heterocycles. The number of nitrogens with two attached hydrogens (primary N) is 1. The molecular weight excluding hydrogens is 591 g/mol. The molecule has 0 aliphatic heterocycles. The zero-order chi connectivity index (χ0) is 30.5. The van der Waals surface area contributed by atoms with E-state index in [-0.39, 0.29) is 19.5 Å². The Bertz CT molecular complexity index is 508. The first kappa shape index (κ1) is 47.1. The Hall–Kier alpha value is -0.837. The van der Waals surface area contributed by atoms with Gasteiger partial charge >= 0.3 is 19.5 Å². The largest absolute Gasteiger partial charge is 4.00 e. The second kappa shape index (κ2) is 43.6. The van der Waals surface area contributed by atoms with Gasteiger partial charge in [0.15, 0.2) is 0 Å². The summed E-state index contributed by atoms with van der Waals surface area (Å²) < 4.78 is 0. The number of hydrogen-bond donors (Lipinski definition) is 1. The maximum atomic E-state index is 5.17. The standard InChI is InChI=1S/2C13H29N.C5H5.C4H10N3.Ru/c2*1-4-6-7-8-9-10-11-12-13-14(3)5-2;1-2-4-5-3-1;1-3-7-4(5)6-2;/h2*4-13H2,1-3H3;1-5H;3H2,1-2H3,(H2-,5,6,7);/q;;2*-1;+4. The Morgan fingerprint density at radius 2 is 0.976 bits per heavy atom. The Morgan fingerprint density at radius 3 is 1.20 bits per heavy atom. The third kappa shape index (κ3) is 49.2. The molecule has 0 heterocycles. The summed E-state index contributed by atoms with van der Waals surface area (Å²) in [5.41, 5.74) is 5.17. The molecule has 6 heteroatoms.